The molecule has 0 aromatic rings. The van der Waals surface area contributed by atoms with Crippen molar-refractivity contribution in [2.75, 3.05) is 19.7 Å². The van der Waals surface area contributed by atoms with Gasteiger partial charge in [-0.1, -0.05) is 6.92 Å². The Balaban J connectivity index is 1.89. The van der Waals surface area contributed by atoms with Crippen LogP contribution in [0, 0.1) is 5.92 Å². The van der Waals surface area contributed by atoms with Gasteiger partial charge in [0.15, 0.2) is 0 Å². The molecular weight excluding hydrogens is 174 g/mol. The Hall–Kier alpha value is -0.0800. The number of rotatable bonds is 1. The third-order valence-electron chi connectivity index (χ3n) is 3.83. The van der Waals surface area contributed by atoms with Crippen molar-refractivity contribution in [3.8, 4) is 0 Å². The molecule has 14 heavy (non-hydrogen) atoms. The molecule has 0 N–H and O–H groups in total. The molecule has 1 spiro atoms. The third kappa shape index (κ3) is 1.96. The lowest BCUT2D eigenvalue weighted by Crippen LogP contribution is -2.46. The number of likely N-dealkylation sites (tertiary alicyclic amines) is 1. The first-order valence-electron chi connectivity index (χ1n) is 5.99. The summed E-state index contributed by atoms with van der Waals surface area (Å²) in [5.74, 6) is 0.778. The topological polar surface area (TPSA) is 12.5 Å². The van der Waals surface area contributed by atoms with Crippen molar-refractivity contribution in [1.29, 1.82) is 0 Å². The second kappa shape index (κ2) is 3.82. The summed E-state index contributed by atoms with van der Waals surface area (Å²) in [6, 6.07) is 0.700. The number of piperidine rings is 1. The lowest BCUT2D eigenvalue weighted by molar-refractivity contribution is -0.0485. The highest BCUT2D eigenvalue weighted by molar-refractivity contribution is 4.93. The maximum absolute atomic E-state index is 6.00. The van der Waals surface area contributed by atoms with E-state index >= 15 is 0 Å². The molecule has 0 amide bonds. The average molecular weight is 197 g/mol. The van der Waals surface area contributed by atoms with Crippen LogP contribution in [0.5, 0.6) is 0 Å². The number of hydrogen-bond acceptors (Lipinski definition) is 2. The SMILES string of the molecule is CC(C)N1CCC2(CC1)C[C@@H](C)CO2. The molecule has 2 heteroatoms. The molecule has 2 nitrogen and oxygen atoms in total. The Kier molecular flexibility index (Phi) is 2.85. The van der Waals surface area contributed by atoms with Crippen LogP contribution in [0.25, 0.3) is 0 Å². The molecule has 0 aliphatic carbocycles. The van der Waals surface area contributed by atoms with Crippen LogP contribution in [0.3, 0.4) is 0 Å². The first-order valence-corrected chi connectivity index (χ1v) is 5.99. The first-order chi connectivity index (χ1) is 6.61. The zero-order valence-electron chi connectivity index (χ0n) is 9.75. The van der Waals surface area contributed by atoms with Crippen molar-refractivity contribution in [2.45, 2.75) is 51.7 Å². The van der Waals surface area contributed by atoms with E-state index in [1.165, 1.54) is 32.4 Å². The second-order valence-electron chi connectivity index (χ2n) is 5.43. The zero-order chi connectivity index (χ0) is 10.2. The molecule has 2 aliphatic rings. The minimum absolute atomic E-state index is 0.269. The van der Waals surface area contributed by atoms with Crippen molar-refractivity contribution < 1.29 is 4.74 Å². The van der Waals surface area contributed by atoms with E-state index in [1.54, 1.807) is 0 Å². The van der Waals surface area contributed by atoms with Gasteiger partial charge in [0, 0.05) is 25.7 Å². The predicted molar refractivity (Wildman–Crippen MR) is 58.4 cm³/mol. The Morgan fingerprint density at radius 3 is 2.36 bits per heavy atom. The summed E-state index contributed by atoms with van der Waals surface area (Å²) in [4.78, 5) is 2.57. The van der Waals surface area contributed by atoms with E-state index in [9.17, 15) is 0 Å². The summed E-state index contributed by atoms with van der Waals surface area (Å²) in [7, 11) is 0. The maximum atomic E-state index is 6.00. The molecule has 0 unspecified atom stereocenters. The van der Waals surface area contributed by atoms with E-state index in [0.29, 0.717) is 6.04 Å². The normalized spacial score (nSPS) is 33.0. The van der Waals surface area contributed by atoms with Crippen molar-refractivity contribution >= 4 is 0 Å². The van der Waals surface area contributed by atoms with Crippen LogP contribution in [-0.4, -0.2) is 36.2 Å². The van der Waals surface area contributed by atoms with Crippen LogP contribution in [0.4, 0.5) is 0 Å². The van der Waals surface area contributed by atoms with E-state index in [1.807, 2.05) is 0 Å². The molecule has 2 rings (SSSR count). The van der Waals surface area contributed by atoms with E-state index in [4.69, 9.17) is 4.74 Å². The Morgan fingerprint density at radius 1 is 1.29 bits per heavy atom. The molecule has 0 aromatic heterocycles. The van der Waals surface area contributed by atoms with Gasteiger partial charge in [-0.15, -0.1) is 0 Å². The van der Waals surface area contributed by atoms with Gasteiger partial charge >= 0.3 is 0 Å². The minimum atomic E-state index is 0.269. The largest absolute Gasteiger partial charge is 0.375 e. The number of hydrogen-bond donors (Lipinski definition) is 0. The molecule has 2 aliphatic heterocycles. The zero-order valence-corrected chi connectivity index (χ0v) is 9.75. The lowest BCUT2D eigenvalue weighted by Gasteiger charge is -2.40. The molecule has 2 heterocycles. The van der Waals surface area contributed by atoms with Gasteiger partial charge in [-0.2, -0.15) is 0 Å². The summed E-state index contributed by atoms with van der Waals surface area (Å²) in [5, 5.41) is 0. The lowest BCUT2D eigenvalue weighted by atomic mass is 9.85. The van der Waals surface area contributed by atoms with E-state index in [2.05, 4.69) is 25.7 Å². The summed E-state index contributed by atoms with van der Waals surface area (Å²) < 4.78 is 6.00. The quantitative estimate of drug-likeness (QED) is 0.639. The summed E-state index contributed by atoms with van der Waals surface area (Å²) in [6.07, 6.45) is 3.78. The van der Waals surface area contributed by atoms with Crippen molar-refractivity contribution in [3.05, 3.63) is 0 Å². The molecule has 0 bridgehead atoms. The Bertz CT molecular complexity index is 194. The molecular formula is C12H23NO. The van der Waals surface area contributed by atoms with E-state index in [0.717, 1.165) is 12.5 Å². The van der Waals surface area contributed by atoms with Gasteiger partial charge in [-0.05, 0) is 39.0 Å². The van der Waals surface area contributed by atoms with Crippen LogP contribution in [0.1, 0.15) is 40.0 Å². The van der Waals surface area contributed by atoms with Gasteiger partial charge in [0.05, 0.1) is 5.60 Å². The highest BCUT2D eigenvalue weighted by Gasteiger charge is 2.41. The molecule has 0 saturated carbocycles. The van der Waals surface area contributed by atoms with Gasteiger partial charge in [-0.3, -0.25) is 0 Å². The summed E-state index contributed by atoms with van der Waals surface area (Å²) >= 11 is 0. The smallest absolute Gasteiger partial charge is 0.0710 e. The molecule has 1 atom stereocenters. The maximum Gasteiger partial charge on any atom is 0.0710 e. The van der Waals surface area contributed by atoms with Crippen molar-refractivity contribution in [2.24, 2.45) is 5.92 Å². The van der Waals surface area contributed by atoms with Crippen LogP contribution in [0.15, 0.2) is 0 Å². The van der Waals surface area contributed by atoms with Crippen molar-refractivity contribution in [1.82, 2.24) is 4.90 Å². The summed E-state index contributed by atoms with van der Waals surface area (Å²) in [5.41, 5.74) is 0.269. The summed E-state index contributed by atoms with van der Waals surface area (Å²) in [6.45, 7) is 10.3. The van der Waals surface area contributed by atoms with Gasteiger partial charge in [0.1, 0.15) is 0 Å². The molecule has 2 fully saturated rings. The van der Waals surface area contributed by atoms with Crippen LogP contribution < -0.4 is 0 Å². The number of nitrogens with zero attached hydrogens (tertiary/aromatic N) is 1. The van der Waals surface area contributed by atoms with E-state index < -0.39 is 0 Å². The fourth-order valence-electron chi connectivity index (χ4n) is 2.87. The van der Waals surface area contributed by atoms with E-state index in [-0.39, 0.29) is 5.60 Å². The Labute approximate surface area is 87.6 Å². The fourth-order valence-corrected chi connectivity index (χ4v) is 2.87. The Morgan fingerprint density at radius 2 is 1.93 bits per heavy atom. The number of ether oxygens (including phenoxy) is 1. The van der Waals surface area contributed by atoms with Crippen LogP contribution >= 0.6 is 0 Å². The minimum Gasteiger partial charge on any atom is -0.375 e. The highest BCUT2D eigenvalue weighted by Crippen LogP contribution is 2.38. The second-order valence-corrected chi connectivity index (χ2v) is 5.43. The van der Waals surface area contributed by atoms with Gasteiger partial charge in [0.2, 0.25) is 0 Å². The van der Waals surface area contributed by atoms with Crippen LogP contribution in [-0.2, 0) is 4.74 Å². The predicted octanol–water partition coefficient (Wildman–Crippen LogP) is 2.29. The average Bonchev–Trinajstić information content (AvgIpc) is 2.48. The monoisotopic (exact) mass is 197 g/mol. The third-order valence-corrected chi connectivity index (χ3v) is 3.83. The first kappa shape index (κ1) is 10.4. The molecule has 2 saturated heterocycles. The molecule has 0 aromatic carbocycles. The van der Waals surface area contributed by atoms with Crippen molar-refractivity contribution in [3.63, 3.8) is 0 Å². The van der Waals surface area contributed by atoms with Gasteiger partial charge in [0.25, 0.3) is 0 Å². The fraction of sp³-hybridized carbons (Fsp3) is 1.00. The highest BCUT2D eigenvalue weighted by atomic mass is 16.5. The van der Waals surface area contributed by atoms with Gasteiger partial charge < -0.3 is 9.64 Å². The van der Waals surface area contributed by atoms with Crippen LogP contribution in [0.2, 0.25) is 0 Å². The molecule has 0 radical (unpaired) electrons. The molecule has 82 valence electrons. The standard InChI is InChI=1S/C12H23NO/c1-10(2)13-6-4-12(5-7-13)8-11(3)9-14-12/h10-11H,4-9H2,1-3H3/t11-/m1/s1. The van der Waals surface area contributed by atoms with Gasteiger partial charge in [-0.25, -0.2) is 0 Å².